The number of carboxylic acids is 1. The Morgan fingerprint density at radius 3 is 2.66 bits per heavy atom. The molecule has 1 fully saturated rings. The molecule has 1 amide bonds. The van der Waals surface area contributed by atoms with Crippen molar-refractivity contribution in [2.45, 2.75) is 58.8 Å². The highest BCUT2D eigenvalue weighted by Crippen LogP contribution is 2.39. The SMILES string of the molecule is CCCCCOc1c(Br)cc(/C=C2\SC(=S)N(CCCCCC(=O)O)C2=O)cc1OCC. The average Bonchev–Trinajstić information content (AvgIpc) is 2.99. The van der Waals surface area contributed by atoms with Crippen LogP contribution in [-0.2, 0) is 9.59 Å². The third-order valence-corrected chi connectivity index (χ3v) is 6.74. The van der Waals surface area contributed by atoms with Crippen LogP contribution in [0.15, 0.2) is 21.5 Å². The van der Waals surface area contributed by atoms with E-state index in [1.165, 1.54) is 11.8 Å². The van der Waals surface area contributed by atoms with E-state index in [-0.39, 0.29) is 12.3 Å². The van der Waals surface area contributed by atoms with Crippen LogP contribution in [0.5, 0.6) is 11.5 Å². The van der Waals surface area contributed by atoms with Crippen molar-refractivity contribution in [3.8, 4) is 11.5 Å². The second-order valence-corrected chi connectivity index (χ2v) is 9.89. The Bertz CT molecular complexity index is 859. The topological polar surface area (TPSA) is 76.1 Å². The Balaban J connectivity index is 2.09. The molecular weight excluding hydrogens is 514 g/mol. The number of aliphatic carboxylic acids is 1. The Labute approximate surface area is 207 Å². The van der Waals surface area contributed by atoms with E-state index in [1.807, 2.05) is 25.1 Å². The fraction of sp³-hybridized carbons (Fsp3) is 0.522. The van der Waals surface area contributed by atoms with Crippen LogP contribution in [0.1, 0.15) is 64.4 Å². The van der Waals surface area contributed by atoms with E-state index in [2.05, 4.69) is 22.9 Å². The van der Waals surface area contributed by atoms with Gasteiger partial charge in [0.25, 0.3) is 5.91 Å². The van der Waals surface area contributed by atoms with Gasteiger partial charge in [-0.15, -0.1) is 0 Å². The quantitative estimate of drug-likeness (QED) is 0.168. The predicted octanol–water partition coefficient (Wildman–Crippen LogP) is 6.26. The number of ether oxygens (including phenoxy) is 2. The van der Waals surface area contributed by atoms with Gasteiger partial charge in [0.2, 0.25) is 0 Å². The molecule has 0 atom stereocenters. The number of carboxylic acid groups (broad SMARTS) is 1. The molecule has 0 aromatic heterocycles. The first-order valence-corrected chi connectivity index (χ1v) is 12.9. The van der Waals surface area contributed by atoms with Crippen molar-refractivity contribution in [2.75, 3.05) is 19.8 Å². The number of carbonyl (C=O) groups excluding carboxylic acids is 1. The molecule has 0 radical (unpaired) electrons. The van der Waals surface area contributed by atoms with E-state index >= 15 is 0 Å². The molecule has 1 aromatic carbocycles. The summed E-state index contributed by atoms with van der Waals surface area (Å²) in [6.45, 7) is 5.70. The Morgan fingerprint density at radius 2 is 1.97 bits per heavy atom. The summed E-state index contributed by atoms with van der Waals surface area (Å²) >= 11 is 10.3. The molecule has 0 spiro atoms. The summed E-state index contributed by atoms with van der Waals surface area (Å²) in [5, 5.41) is 8.72. The number of thioether (sulfide) groups is 1. The van der Waals surface area contributed by atoms with Gasteiger partial charge in [-0.3, -0.25) is 14.5 Å². The van der Waals surface area contributed by atoms with Gasteiger partial charge in [-0.05, 0) is 65.9 Å². The van der Waals surface area contributed by atoms with Gasteiger partial charge in [0.05, 0.1) is 22.6 Å². The lowest BCUT2D eigenvalue weighted by Crippen LogP contribution is -2.29. The molecule has 0 unspecified atom stereocenters. The molecule has 176 valence electrons. The van der Waals surface area contributed by atoms with Crippen LogP contribution in [0.4, 0.5) is 0 Å². The minimum Gasteiger partial charge on any atom is -0.490 e. The third-order valence-electron chi connectivity index (χ3n) is 4.77. The first-order valence-electron chi connectivity index (χ1n) is 10.9. The van der Waals surface area contributed by atoms with Gasteiger partial charge in [-0.2, -0.15) is 0 Å². The number of hydrogen-bond donors (Lipinski definition) is 1. The lowest BCUT2D eigenvalue weighted by molar-refractivity contribution is -0.137. The van der Waals surface area contributed by atoms with E-state index in [4.69, 9.17) is 26.8 Å². The number of thiocarbonyl (C=S) groups is 1. The van der Waals surface area contributed by atoms with Crippen LogP contribution < -0.4 is 9.47 Å². The molecule has 0 saturated carbocycles. The Morgan fingerprint density at radius 1 is 1.19 bits per heavy atom. The summed E-state index contributed by atoms with van der Waals surface area (Å²) in [6.07, 6.45) is 7.24. The fourth-order valence-electron chi connectivity index (χ4n) is 3.17. The minimum atomic E-state index is -0.798. The highest BCUT2D eigenvalue weighted by Gasteiger charge is 2.31. The largest absolute Gasteiger partial charge is 0.490 e. The van der Waals surface area contributed by atoms with E-state index < -0.39 is 5.97 Å². The van der Waals surface area contributed by atoms with Crippen molar-refractivity contribution < 1.29 is 24.2 Å². The standard InChI is InChI=1S/C23H30BrNO5S2/c1-3-5-9-12-30-21-17(24)13-16(14-18(21)29-4-2)15-19-22(28)25(23(31)32-19)11-8-6-7-10-20(26)27/h13-15H,3-12H2,1-2H3,(H,26,27)/b19-15-. The molecule has 1 saturated heterocycles. The fourth-order valence-corrected chi connectivity index (χ4v) is 5.05. The molecule has 0 aliphatic carbocycles. The van der Waals surface area contributed by atoms with Crippen molar-refractivity contribution in [1.29, 1.82) is 0 Å². The number of rotatable bonds is 14. The molecule has 0 bridgehead atoms. The van der Waals surface area contributed by atoms with Gasteiger partial charge in [0.1, 0.15) is 4.32 Å². The normalized spacial score (nSPS) is 15.0. The van der Waals surface area contributed by atoms with Crippen LogP contribution >= 0.6 is 39.9 Å². The number of amides is 1. The predicted molar refractivity (Wildman–Crippen MR) is 136 cm³/mol. The second-order valence-electron chi connectivity index (χ2n) is 7.36. The van der Waals surface area contributed by atoms with E-state index in [0.717, 1.165) is 42.1 Å². The van der Waals surface area contributed by atoms with Crippen molar-refractivity contribution in [3.05, 3.63) is 27.1 Å². The molecule has 1 aliphatic heterocycles. The molecule has 1 N–H and O–H groups in total. The summed E-state index contributed by atoms with van der Waals surface area (Å²) in [5.41, 5.74) is 0.822. The first-order chi connectivity index (χ1) is 15.4. The van der Waals surface area contributed by atoms with Crippen LogP contribution in [0.25, 0.3) is 6.08 Å². The Kier molecular flexibility index (Phi) is 11.5. The van der Waals surface area contributed by atoms with Gasteiger partial charge >= 0.3 is 5.97 Å². The summed E-state index contributed by atoms with van der Waals surface area (Å²) in [7, 11) is 0. The minimum absolute atomic E-state index is 0.118. The molecule has 6 nitrogen and oxygen atoms in total. The zero-order valence-corrected chi connectivity index (χ0v) is 21.7. The molecule has 1 heterocycles. The zero-order valence-electron chi connectivity index (χ0n) is 18.5. The maximum Gasteiger partial charge on any atom is 0.303 e. The molecule has 2 rings (SSSR count). The highest BCUT2D eigenvalue weighted by atomic mass is 79.9. The van der Waals surface area contributed by atoms with Crippen LogP contribution in [0.2, 0.25) is 0 Å². The van der Waals surface area contributed by atoms with Crippen LogP contribution in [0.3, 0.4) is 0 Å². The van der Waals surface area contributed by atoms with Crippen molar-refractivity contribution in [2.24, 2.45) is 0 Å². The number of nitrogens with zero attached hydrogens (tertiary/aromatic N) is 1. The summed E-state index contributed by atoms with van der Waals surface area (Å²) in [5.74, 6) is 0.397. The highest BCUT2D eigenvalue weighted by molar-refractivity contribution is 9.10. The zero-order chi connectivity index (χ0) is 23.5. The maximum absolute atomic E-state index is 12.8. The number of carbonyl (C=O) groups is 2. The summed E-state index contributed by atoms with van der Waals surface area (Å²) in [4.78, 5) is 25.6. The van der Waals surface area contributed by atoms with Gasteiger partial charge in [0.15, 0.2) is 11.5 Å². The van der Waals surface area contributed by atoms with Crippen molar-refractivity contribution >= 4 is 62.2 Å². The maximum atomic E-state index is 12.8. The number of hydrogen-bond acceptors (Lipinski definition) is 6. The van der Waals surface area contributed by atoms with E-state index in [9.17, 15) is 9.59 Å². The third kappa shape index (κ3) is 8.08. The van der Waals surface area contributed by atoms with Crippen molar-refractivity contribution in [1.82, 2.24) is 4.90 Å². The van der Waals surface area contributed by atoms with Gasteiger partial charge < -0.3 is 14.6 Å². The lowest BCUT2D eigenvalue weighted by Gasteiger charge is -2.15. The van der Waals surface area contributed by atoms with E-state index in [1.54, 1.807) is 4.90 Å². The van der Waals surface area contributed by atoms with Gasteiger partial charge in [0, 0.05) is 13.0 Å². The van der Waals surface area contributed by atoms with Crippen LogP contribution in [0, 0.1) is 0 Å². The average molecular weight is 545 g/mol. The summed E-state index contributed by atoms with van der Waals surface area (Å²) < 4.78 is 13.0. The molecule has 32 heavy (non-hydrogen) atoms. The van der Waals surface area contributed by atoms with Crippen LogP contribution in [-0.4, -0.2) is 46.0 Å². The van der Waals surface area contributed by atoms with E-state index in [0.29, 0.717) is 46.9 Å². The second kappa shape index (κ2) is 13.9. The smallest absolute Gasteiger partial charge is 0.303 e. The van der Waals surface area contributed by atoms with Gasteiger partial charge in [-0.25, -0.2) is 0 Å². The Hall–Kier alpha value is -1.58. The number of benzene rings is 1. The molecule has 9 heteroatoms. The summed E-state index contributed by atoms with van der Waals surface area (Å²) in [6, 6.07) is 3.79. The molecule has 1 aromatic rings. The lowest BCUT2D eigenvalue weighted by atomic mass is 10.1. The number of unbranched alkanes of at least 4 members (excludes halogenated alkanes) is 4. The number of halogens is 1. The monoisotopic (exact) mass is 543 g/mol. The van der Waals surface area contributed by atoms with Crippen molar-refractivity contribution in [3.63, 3.8) is 0 Å². The molecule has 1 aliphatic rings. The first kappa shape index (κ1) is 26.7. The van der Waals surface area contributed by atoms with Gasteiger partial charge in [-0.1, -0.05) is 50.2 Å². The molecular formula is C23H30BrNO5S2.